The molecule has 8 heteroatoms. The molecule has 1 saturated heterocycles. The van der Waals surface area contributed by atoms with Gasteiger partial charge in [-0.15, -0.1) is 0 Å². The van der Waals surface area contributed by atoms with Crippen LogP contribution in [0.1, 0.15) is 6.42 Å². The number of nitrogens with one attached hydrogen (secondary N) is 2. The Morgan fingerprint density at radius 1 is 1.17 bits per heavy atom. The molecule has 0 spiro atoms. The molecule has 1 fully saturated rings. The second-order valence-corrected chi connectivity index (χ2v) is 6.69. The summed E-state index contributed by atoms with van der Waals surface area (Å²) in [5, 5.41) is 9.93. The van der Waals surface area contributed by atoms with Crippen LogP contribution in [0.3, 0.4) is 0 Å². The number of H-pyrrole nitrogens is 1. The number of hydrogen-bond acceptors (Lipinski definition) is 5. The smallest absolute Gasteiger partial charge is 0.249 e. The highest BCUT2D eigenvalue weighted by molar-refractivity contribution is 6.01. The SMILES string of the molecule is COc1cc(F)ccc1NC1CCN(c2ccc(-c3cn[nH]c3)c(OC)c2)C1=O. The fourth-order valence-corrected chi connectivity index (χ4v) is 3.53. The number of methoxy groups -OCH3 is 2. The molecule has 1 amide bonds. The van der Waals surface area contributed by atoms with Crippen molar-refractivity contribution >= 4 is 17.3 Å². The van der Waals surface area contributed by atoms with E-state index in [0.717, 1.165) is 16.8 Å². The Bertz CT molecular complexity index is 1020. The zero-order valence-electron chi connectivity index (χ0n) is 16.1. The number of halogens is 1. The molecule has 2 heterocycles. The molecule has 1 aliphatic heterocycles. The maximum atomic E-state index is 13.4. The molecule has 1 aromatic heterocycles. The third-order valence-electron chi connectivity index (χ3n) is 5.00. The number of carbonyl (C=O) groups is 1. The summed E-state index contributed by atoms with van der Waals surface area (Å²) < 4.78 is 24.1. The van der Waals surface area contributed by atoms with Crippen LogP contribution < -0.4 is 19.7 Å². The summed E-state index contributed by atoms with van der Waals surface area (Å²) in [6.07, 6.45) is 4.12. The van der Waals surface area contributed by atoms with Gasteiger partial charge in [-0.2, -0.15) is 5.10 Å². The lowest BCUT2D eigenvalue weighted by Gasteiger charge is -2.20. The van der Waals surface area contributed by atoms with Gasteiger partial charge in [0.15, 0.2) is 0 Å². The third-order valence-corrected chi connectivity index (χ3v) is 5.00. The van der Waals surface area contributed by atoms with Crippen LogP contribution in [0.5, 0.6) is 11.5 Å². The molecule has 1 atom stereocenters. The number of hydrogen-bond donors (Lipinski definition) is 2. The number of carbonyl (C=O) groups excluding carboxylic acids is 1. The van der Waals surface area contributed by atoms with Crippen molar-refractivity contribution in [2.45, 2.75) is 12.5 Å². The van der Waals surface area contributed by atoms with Gasteiger partial charge in [-0.1, -0.05) is 0 Å². The molecule has 2 N–H and O–H groups in total. The Labute approximate surface area is 167 Å². The Hall–Kier alpha value is -3.55. The lowest BCUT2D eigenvalue weighted by atomic mass is 10.1. The van der Waals surface area contributed by atoms with E-state index in [0.29, 0.717) is 30.2 Å². The van der Waals surface area contributed by atoms with Crippen LogP contribution in [0.15, 0.2) is 48.8 Å². The van der Waals surface area contributed by atoms with Gasteiger partial charge in [-0.25, -0.2) is 4.39 Å². The van der Waals surface area contributed by atoms with Crippen LogP contribution in [0.4, 0.5) is 15.8 Å². The van der Waals surface area contributed by atoms with E-state index in [1.807, 2.05) is 18.2 Å². The minimum absolute atomic E-state index is 0.0607. The predicted octanol–water partition coefficient (Wildman–Crippen LogP) is 3.45. The van der Waals surface area contributed by atoms with Crippen LogP contribution in [0, 0.1) is 5.82 Å². The van der Waals surface area contributed by atoms with Crippen molar-refractivity contribution < 1.29 is 18.7 Å². The monoisotopic (exact) mass is 396 g/mol. The molecule has 1 aliphatic rings. The lowest BCUT2D eigenvalue weighted by molar-refractivity contribution is -0.117. The van der Waals surface area contributed by atoms with Gasteiger partial charge in [0.25, 0.3) is 0 Å². The summed E-state index contributed by atoms with van der Waals surface area (Å²) in [5.41, 5.74) is 3.14. The van der Waals surface area contributed by atoms with E-state index in [9.17, 15) is 9.18 Å². The predicted molar refractivity (Wildman–Crippen MR) is 108 cm³/mol. The van der Waals surface area contributed by atoms with Crippen molar-refractivity contribution in [3.05, 3.63) is 54.6 Å². The molecule has 4 rings (SSSR count). The molecule has 29 heavy (non-hydrogen) atoms. The summed E-state index contributed by atoms with van der Waals surface area (Å²) in [6, 6.07) is 9.43. The van der Waals surface area contributed by atoms with Gasteiger partial charge in [0.1, 0.15) is 23.4 Å². The number of benzene rings is 2. The minimum Gasteiger partial charge on any atom is -0.496 e. The van der Waals surface area contributed by atoms with Gasteiger partial charge in [-0.05, 0) is 30.7 Å². The number of aromatic nitrogens is 2. The second kappa shape index (κ2) is 7.83. The fraction of sp³-hybridized carbons (Fsp3) is 0.238. The van der Waals surface area contributed by atoms with Crippen molar-refractivity contribution in [3.63, 3.8) is 0 Å². The van der Waals surface area contributed by atoms with Crippen LogP contribution in [-0.4, -0.2) is 42.9 Å². The third kappa shape index (κ3) is 3.61. The molecule has 0 bridgehead atoms. The van der Waals surface area contributed by atoms with E-state index in [4.69, 9.17) is 9.47 Å². The van der Waals surface area contributed by atoms with Crippen LogP contribution >= 0.6 is 0 Å². The van der Waals surface area contributed by atoms with E-state index >= 15 is 0 Å². The van der Waals surface area contributed by atoms with Gasteiger partial charge in [0.2, 0.25) is 5.91 Å². The Balaban J connectivity index is 1.55. The first-order chi connectivity index (χ1) is 14.1. The quantitative estimate of drug-likeness (QED) is 0.667. The molecule has 7 nitrogen and oxygen atoms in total. The van der Waals surface area contributed by atoms with E-state index in [-0.39, 0.29) is 5.91 Å². The van der Waals surface area contributed by atoms with Crippen molar-refractivity contribution in [1.82, 2.24) is 10.2 Å². The summed E-state index contributed by atoms with van der Waals surface area (Å²) >= 11 is 0. The lowest BCUT2D eigenvalue weighted by Crippen LogP contribution is -2.33. The molecular formula is C21H21FN4O3. The van der Waals surface area contributed by atoms with E-state index in [2.05, 4.69) is 15.5 Å². The molecule has 2 aromatic carbocycles. The van der Waals surface area contributed by atoms with E-state index in [1.54, 1.807) is 30.5 Å². The largest absolute Gasteiger partial charge is 0.496 e. The fourth-order valence-electron chi connectivity index (χ4n) is 3.53. The highest BCUT2D eigenvalue weighted by Gasteiger charge is 2.33. The number of ether oxygens (including phenoxy) is 2. The van der Waals surface area contributed by atoms with Crippen molar-refractivity contribution in [1.29, 1.82) is 0 Å². The average molecular weight is 396 g/mol. The number of anilines is 2. The Morgan fingerprint density at radius 3 is 2.72 bits per heavy atom. The normalized spacial score (nSPS) is 16.2. The van der Waals surface area contributed by atoms with Crippen molar-refractivity contribution in [2.24, 2.45) is 0 Å². The topological polar surface area (TPSA) is 79.5 Å². The van der Waals surface area contributed by atoms with Gasteiger partial charge >= 0.3 is 0 Å². The number of nitrogens with zero attached hydrogens (tertiary/aromatic N) is 2. The number of aromatic amines is 1. The molecule has 150 valence electrons. The molecule has 1 unspecified atom stereocenters. The maximum absolute atomic E-state index is 13.4. The van der Waals surface area contributed by atoms with E-state index < -0.39 is 11.9 Å². The first-order valence-corrected chi connectivity index (χ1v) is 9.19. The van der Waals surface area contributed by atoms with Gasteiger partial charge in [0.05, 0.1) is 26.1 Å². The highest BCUT2D eigenvalue weighted by Crippen LogP contribution is 2.35. The van der Waals surface area contributed by atoms with Gasteiger partial charge < -0.3 is 19.7 Å². The summed E-state index contributed by atoms with van der Waals surface area (Å²) in [6.45, 7) is 0.564. The number of rotatable bonds is 6. The summed E-state index contributed by atoms with van der Waals surface area (Å²) in [4.78, 5) is 14.7. The van der Waals surface area contributed by atoms with E-state index in [1.165, 1.54) is 19.2 Å². The second-order valence-electron chi connectivity index (χ2n) is 6.69. The Kier molecular flexibility index (Phi) is 5.07. The number of amides is 1. The average Bonchev–Trinajstić information content (AvgIpc) is 3.39. The summed E-state index contributed by atoms with van der Waals surface area (Å²) in [7, 11) is 3.07. The van der Waals surface area contributed by atoms with Crippen molar-refractivity contribution in [2.75, 3.05) is 31.0 Å². The molecule has 3 aromatic rings. The molecular weight excluding hydrogens is 375 g/mol. The Morgan fingerprint density at radius 2 is 2.00 bits per heavy atom. The molecule has 0 radical (unpaired) electrons. The zero-order valence-corrected chi connectivity index (χ0v) is 16.1. The van der Waals surface area contributed by atoms with Crippen LogP contribution in [0.2, 0.25) is 0 Å². The molecule has 0 saturated carbocycles. The van der Waals surface area contributed by atoms with Crippen LogP contribution in [0.25, 0.3) is 11.1 Å². The standard InChI is InChI=1S/C21H21FN4O3/c1-28-19-10-15(4-5-16(19)13-11-23-24-12-13)26-8-7-18(21(26)27)25-17-6-3-14(22)9-20(17)29-2/h3-6,9-12,18,25H,7-8H2,1-2H3,(H,23,24). The molecule has 0 aliphatic carbocycles. The maximum Gasteiger partial charge on any atom is 0.249 e. The van der Waals surface area contributed by atoms with Crippen molar-refractivity contribution in [3.8, 4) is 22.6 Å². The van der Waals surface area contributed by atoms with Gasteiger partial charge in [-0.3, -0.25) is 9.89 Å². The first-order valence-electron chi connectivity index (χ1n) is 9.19. The van der Waals surface area contributed by atoms with Gasteiger partial charge in [0, 0.05) is 41.7 Å². The van der Waals surface area contributed by atoms with Crippen LogP contribution in [-0.2, 0) is 4.79 Å². The zero-order chi connectivity index (χ0) is 20.4. The first kappa shape index (κ1) is 18.8. The minimum atomic E-state index is -0.422. The highest BCUT2D eigenvalue weighted by atomic mass is 19.1. The summed E-state index contributed by atoms with van der Waals surface area (Å²) in [5.74, 6) is 0.571.